The Kier molecular flexibility index (Phi) is 6.32. The molecule has 1 N–H and O–H groups in total. The van der Waals surface area contributed by atoms with Crippen molar-refractivity contribution in [2.75, 3.05) is 18.2 Å². The molecule has 164 valence electrons. The molecule has 7 nitrogen and oxygen atoms in total. The van der Waals surface area contributed by atoms with Crippen LogP contribution >= 0.6 is 11.8 Å². The normalized spacial score (nSPS) is 10.9. The molecule has 0 saturated carbocycles. The van der Waals surface area contributed by atoms with Gasteiger partial charge in [0.15, 0.2) is 11.0 Å². The number of hydrogen-bond donors (Lipinski definition) is 1. The van der Waals surface area contributed by atoms with E-state index in [9.17, 15) is 4.79 Å². The van der Waals surface area contributed by atoms with Crippen LogP contribution < -0.4 is 10.1 Å². The second kappa shape index (κ2) is 9.32. The van der Waals surface area contributed by atoms with E-state index < -0.39 is 0 Å². The van der Waals surface area contributed by atoms with Crippen molar-refractivity contribution >= 4 is 23.4 Å². The first-order valence-corrected chi connectivity index (χ1v) is 11.1. The Hall–Kier alpha value is -3.52. The van der Waals surface area contributed by atoms with E-state index in [1.807, 2.05) is 73.9 Å². The number of anilines is 1. The van der Waals surface area contributed by atoms with Crippen LogP contribution in [0.15, 0.2) is 64.4 Å². The van der Waals surface area contributed by atoms with Gasteiger partial charge in [-0.3, -0.25) is 9.36 Å². The number of ether oxygens (including phenoxy) is 1. The number of rotatable bonds is 7. The second-order valence-electron chi connectivity index (χ2n) is 7.33. The summed E-state index contributed by atoms with van der Waals surface area (Å²) in [6.45, 7) is 5.85. The van der Waals surface area contributed by atoms with Crippen molar-refractivity contribution in [1.29, 1.82) is 0 Å². The van der Waals surface area contributed by atoms with E-state index in [2.05, 4.69) is 15.5 Å². The van der Waals surface area contributed by atoms with Crippen molar-refractivity contribution < 1.29 is 13.9 Å². The van der Waals surface area contributed by atoms with Crippen molar-refractivity contribution in [2.45, 2.75) is 25.9 Å². The minimum absolute atomic E-state index is 0.0993. The van der Waals surface area contributed by atoms with E-state index in [0.29, 0.717) is 11.0 Å². The number of nitrogens with one attached hydrogen (secondary N) is 1. The molecule has 0 aliphatic carbocycles. The predicted molar refractivity (Wildman–Crippen MR) is 126 cm³/mol. The van der Waals surface area contributed by atoms with Gasteiger partial charge in [-0.05, 0) is 62.2 Å². The predicted octanol–water partition coefficient (Wildman–Crippen LogP) is 5.19. The molecule has 2 aromatic heterocycles. The summed E-state index contributed by atoms with van der Waals surface area (Å²) in [5.41, 5.74) is 4.62. The van der Waals surface area contributed by atoms with E-state index in [1.54, 1.807) is 13.4 Å². The smallest absolute Gasteiger partial charge is 0.234 e. The van der Waals surface area contributed by atoms with Gasteiger partial charge >= 0.3 is 0 Å². The molecular weight excluding hydrogens is 424 g/mol. The molecule has 32 heavy (non-hydrogen) atoms. The third-order valence-electron chi connectivity index (χ3n) is 5.14. The quantitative estimate of drug-likeness (QED) is 0.392. The highest BCUT2D eigenvalue weighted by Gasteiger charge is 2.20. The lowest BCUT2D eigenvalue weighted by atomic mass is 10.1. The summed E-state index contributed by atoms with van der Waals surface area (Å²) >= 11 is 1.33. The second-order valence-corrected chi connectivity index (χ2v) is 8.28. The third kappa shape index (κ3) is 4.40. The van der Waals surface area contributed by atoms with Crippen LogP contribution in [0.5, 0.6) is 5.75 Å². The number of amides is 1. The third-order valence-corrected chi connectivity index (χ3v) is 6.07. The summed E-state index contributed by atoms with van der Waals surface area (Å²) in [6.07, 6.45) is 1.63. The zero-order valence-corrected chi connectivity index (χ0v) is 19.2. The first-order chi connectivity index (χ1) is 15.5. The number of aromatic nitrogens is 3. The van der Waals surface area contributed by atoms with E-state index in [0.717, 1.165) is 39.6 Å². The van der Waals surface area contributed by atoms with Crippen LogP contribution in [0.4, 0.5) is 5.69 Å². The minimum atomic E-state index is -0.0993. The summed E-state index contributed by atoms with van der Waals surface area (Å²) in [4.78, 5) is 12.7. The molecule has 0 aliphatic rings. The fourth-order valence-corrected chi connectivity index (χ4v) is 4.19. The molecule has 4 aromatic rings. The topological polar surface area (TPSA) is 82.2 Å². The molecule has 0 unspecified atom stereocenters. The average Bonchev–Trinajstić information content (AvgIpc) is 3.40. The fraction of sp³-hybridized carbons (Fsp3) is 0.208. The van der Waals surface area contributed by atoms with Gasteiger partial charge in [-0.15, -0.1) is 10.2 Å². The fourth-order valence-electron chi connectivity index (χ4n) is 3.44. The number of thioether (sulfide) groups is 1. The summed E-state index contributed by atoms with van der Waals surface area (Å²) < 4.78 is 12.7. The van der Waals surface area contributed by atoms with Crippen LogP contribution in [0.2, 0.25) is 0 Å². The monoisotopic (exact) mass is 448 g/mol. The molecule has 0 aliphatic heterocycles. The van der Waals surface area contributed by atoms with Gasteiger partial charge in [0.25, 0.3) is 0 Å². The summed E-state index contributed by atoms with van der Waals surface area (Å²) in [5, 5.41) is 12.4. The number of hydrogen-bond acceptors (Lipinski definition) is 6. The number of methoxy groups -OCH3 is 1. The highest BCUT2D eigenvalue weighted by molar-refractivity contribution is 7.99. The van der Waals surface area contributed by atoms with Crippen LogP contribution in [-0.2, 0) is 4.79 Å². The van der Waals surface area contributed by atoms with Gasteiger partial charge in [0, 0.05) is 5.69 Å². The van der Waals surface area contributed by atoms with E-state index >= 15 is 0 Å². The summed E-state index contributed by atoms with van der Waals surface area (Å²) in [6, 6.07) is 15.4. The Balaban J connectivity index is 1.61. The molecule has 0 radical (unpaired) electrons. The minimum Gasteiger partial charge on any atom is -0.497 e. The van der Waals surface area contributed by atoms with Gasteiger partial charge in [-0.25, -0.2) is 0 Å². The molecule has 1 amide bonds. The van der Waals surface area contributed by atoms with Crippen molar-refractivity contribution in [3.8, 4) is 22.8 Å². The highest BCUT2D eigenvalue weighted by Crippen LogP contribution is 2.31. The maximum atomic E-state index is 12.7. The summed E-state index contributed by atoms with van der Waals surface area (Å²) in [7, 11) is 1.63. The zero-order valence-electron chi connectivity index (χ0n) is 18.4. The molecule has 0 bridgehead atoms. The van der Waals surface area contributed by atoms with Gasteiger partial charge in [0.1, 0.15) is 11.5 Å². The molecule has 0 spiro atoms. The molecule has 8 heteroatoms. The Bertz CT molecular complexity index is 1220. The van der Waals surface area contributed by atoms with Crippen molar-refractivity contribution in [1.82, 2.24) is 14.8 Å². The van der Waals surface area contributed by atoms with Gasteiger partial charge in [-0.2, -0.15) is 0 Å². The number of aryl methyl sites for hydroxylation is 3. The van der Waals surface area contributed by atoms with E-state index in [4.69, 9.17) is 9.15 Å². The van der Waals surface area contributed by atoms with Crippen molar-refractivity contribution in [2.24, 2.45) is 0 Å². The molecular formula is C24H24N4O3S. The number of nitrogens with zero attached hydrogens (tertiary/aromatic N) is 3. The average molecular weight is 449 g/mol. The van der Waals surface area contributed by atoms with Gasteiger partial charge in [-0.1, -0.05) is 30.0 Å². The Morgan fingerprint density at radius 3 is 2.41 bits per heavy atom. The van der Waals surface area contributed by atoms with Crippen LogP contribution in [0.1, 0.15) is 16.9 Å². The van der Waals surface area contributed by atoms with Crippen LogP contribution in [0, 0.1) is 20.8 Å². The largest absolute Gasteiger partial charge is 0.497 e. The first-order valence-electron chi connectivity index (χ1n) is 10.1. The maximum Gasteiger partial charge on any atom is 0.234 e. The lowest BCUT2D eigenvalue weighted by molar-refractivity contribution is -0.113. The molecule has 0 fully saturated rings. The molecule has 4 rings (SSSR count). The SMILES string of the molecule is COc1ccc(-n2c(SCC(=O)Nc3c(C)cccc3C)nnc2-c2ccoc2C)cc1. The number of benzene rings is 2. The summed E-state index contributed by atoms with van der Waals surface area (Å²) in [5.74, 6) is 2.25. The molecule has 2 aromatic carbocycles. The molecule has 2 heterocycles. The first kappa shape index (κ1) is 21.7. The number of carbonyl (C=O) groups is 1. The highest BCUT2D eigenvalue weighted by atomic mass is 32.2. The number of para-hydroxylation sites is 1. The van der Waals surface area contributed by atoms with E-state index in [1.165, 1.54) is 11.8 Å². The van der Waals surface area contributed by atoms with E-state index in [-0.39, 0.29) is 11.7 Å². The van der Waals surface area contributed by atoms with Crippen LogP contribution in [0.25, 0.3) is 17.1 Å². The Labute approximate surface area is 190 Å². The van der Waals surface area contributed by atoms with Crippen LogP contribution in [-0.4, -0.2) is 33.5 Å². The van der Waals surface area contributed by atoms with Gasteiger partial charge in [0.05, 0.1) is 30.4 Å². The molecule has 0 saturated heterocycles. The lowest BCUT2D eigenvalue weighted by Gasteiger charge is -2.12. The Morgan fingerprint density at radius 1 is 1.06 bits per heavy atom. The lowest BCUT2D eigenvalue weighted by Crippen LogP contribution is -2.16. The van der Waals surface area contributed by atoms with Crippen molar-refractivity contribution in [3.05, 3.63) is 71.7 Å². The maximum absolute atomic E-state index is 12.7. The van der Waals surface area contributed by atoms with Crippen LogP contribution in [0.3, 0.4) is 0 Å². The van der Waals surface area contributed by atoms with Crippen molar-refractivity contribution in [3.63, 3.8) is 0 Å². The number of carbonyl (C=O) groups excluding carboxylic acids is 1. The van der Waals surface area contributed by atoms with Gasteiger partial charge in [0.2, 0.25) is 5.91 Å². The Morgan fingerprint density at radius 2 is 1.78 bits per heavy atom. The van der Waals surface area contributed by atoms with Gasteiger partial charge < -0.3 is 14.5 Å². The molecule has 0 atom stereocenters. The standard InChI is InChI=1S/C24H24N4O3S/c1-15-6-5-7-16(2)22(15)25-21(29)14-32-24-27-26-23(20-12-13-31-17(20)3)28(24)18-8-10-19(30-4)11-9-18/h5-13H,14H2,1-4H3,(H,25,29). The zero-order chi connectivity index (χ0) is 22.7. The number of furan rings is 1.